The van der Waals surface area contributed by atoms with Crippen LogP contribution >= 0.6 is 11.6 Å². The van der Waals surface area contributed by atoms with Gasteiger partial charge in [-0.25, -0.2) is 4.98 Å². The molecule has 4 aromatic rings. The van der Waals surface area contributed by atoms with E-state index in [1.807, 2.05) is 49.4 Å². The highest BCUT2D eigenvalue weighted by molar-refractivity contribution is 6.31. The minimum absolute atomic E-state index is 0.182. The second-order valence-electron chi connectivity index (χ2n) is 9.76. The van der Waals surface area contributed by atoms with Gasteiger partial charge in [-0.3, -0.25) is 9.69 Å². The number of benzene rings is 3. The maximum atomic E-state index is 13.0. The molecule has 1 aliphatic rings. The molecule has 192 valence electrons. The number of anilines is 2. The largest absolute Gasteiger partial charge is 0.383 e. The summed E-state index contributed by atoms with van der Waals surface area (Å²) in [7, 11) is 2.16. The summed E-state index contributed by atoms with van der Waals surface area (Å²) in [5, 5.41) is 5.36. The summed E-state index contributed by atoms with van der Waals surface area (Å²) in [6.07, 6.45) is 1.71. The van der Waals surface area contributed by atoms with Crippen LogP contribution in [0.15, 0.2) is 66.9 Å². The number of rotatable bonds is 4. The SMILES string of the molecule is Cc1ccc(C(=O)Nc2ccc(CN3CCN(C)CC3)cc2)cc1C#Cc1c(N)ncc2ccc(Cl)cc12. The maximum Gasteiger partial charge on any atom is 0.255 e. The number of hydrogen-bond acceptors (Lipinski definition) is 5. The molecule has 1 aromatic heterocycles. The first-order chi connectivity index (χ1) is 18.4. The van der Waals surface area contributed by atoms with Crippen molar-refractivity contribution in [2.75, 3.05) is 44.3 Å². The third-order valence-corrected chi connectivity index (χ3v) is 7.15. The van der Waals surface area contributed by atoms with E-state index < -0.39 is 0 Å². The van der Waals surface area contributed by atoms with Crippen LogP contribution in [0.2, 0.25) is 5.02 Å². The molecule has 1 fully saturated rings. The number of nitrogen functional groups attached to an aromatic ring is 1. The molecule has 0 atom stereocenters. The number of nitrogens with zero attached hydrogens (tertiary/aromatic N) is 3. The van der Waals surface area contributed by atoms with Crippen molar-refractivity contribution >= 4 is 39.8 Å². The molecule has 1 amide bonds. The smallest absolute Gasteiger partial charge is 0.255 e. The molecule has 2 heterocycles. The number of nitrogens with two attached hydrogens (primary N) is 1. The van der Waals surface area contributed by atoms with E-state index in [0.29, 0.717) is 22.0 Å². The van der Waals surface area contributed by atoms with Gasteiger partial charge in [0, 0.05) is 71.5 Å². The van der Waals surface area contributed by atoms with E-state index in [-0.39, 0.29) is 5.91 Å². The van der Waals surface area contributed by atoms with E-state index in [1.165, 1.54) is 5.56 Å². The number of likely N-dealkylation sites (N-methyl/N-ethyl adjacent to an activating group) is 1. The fourth-order valence-corrected chi connectivity index (χ4v) is 4.69. The first-order valence-corrected chi connectivity index (χ1v) is 13.0. The number of hydrogen-bond donors (Lipinski definition) is 2. The third-order valence-electron chi connectivity index (χ3n) is 6.92. The Morgan fingerprint density at radius 1 is 1.03 bits per heavy atom. The lowest BCUT2D eigenvalue weighted by atomic mass is 10.0. The maximum absolute atomic E-state index is 13.0. The third kappa shape index (κ3) is 5.98. The van der Waals surface area contributed by atoms with Gasteiger partial charge >= 0.3 is 0 Å². The minimum atomic E-state index is -0.182. The number of piperazine rings is 1. The highest BCUT2D eigenvalue weighted by atomic mass is 35.5. The van der Waals surface area contributed by atoms with Gasteiger partial charge < -0.3 is 16.0 Å². The molecule has 3 N–H and O–H groups in total. The Bertz CT molecular complexity index is 1540. The lowest BCUT2D eigenvalue weighted by Crippen LogP contribution is -2.43. The van der Waals surface area contributed by atoms with Gasteiger partial charge in [-0.2, -0.15) is 0 Å². The lowest BCUT2D eigenvalue weighted by molar-refractivity contribution is 0.102. The van der Waals surface area contributed by atoms with E-state index in [0.717, 1.165) is 60.3 Å². The van der Waals surface area contributed by atoms with Crippen LogP contribution in [0.5, 0.6) is 0 Å². The molecule has 1 aliphatic heterocycles. The van der Waals surface area contributed by atoms with Crippen LogP contribution in [0.4, 0.5) is 11.5 Å². The van der Waals surface area contributed by atoms with Gasteiger partial charge in [-0.15, -0.1) is 0 Å². The van der Waals surface area contributed by atoms with Gasteiger partial charge in [0.25, 0.3) is 5.91 Å². The molecule has 0 radical (unpaired) electrons. The number of aromatic nitrogens is 1. The number of carbonyl (C=O) groups is 1. The molecule has 5 rings (SSSR count). The van der Waals surface area contributed by atoms with Crippen molar-refractivity contribution in [2.45, 2.75) is 13.5 Å². The molecular weight excluding hydrogens is 494 g/mol. The molecule has 6 nitrogen and oxygen atoms in total. The topological polar surface area (TPSA) is 74.5 Å². The van der Waals surface area contributed by atoms with Crippen LogP contribution in [-0.2, 0) is 6.54 Å². The second-order valence-corrected chi connectivity index (χ2v) is 10.2. The number of halogens is 1. The predicted octanol–water partition coefficient (Wildman–Crippen LogP) is 5.18. The number of fused-ring (bicyclic) bond motifs is 1. The average Bonchev–Trinajstić information content (AvgIpc) is 2.91. The van der Waals surface area contributed by atoms with Crippen LogP contribution in [0, 0.1) is 18.8 Å². The molecule has 0 unspecified atom stereocenters. The highest BCUT2D eigenvalue weighted by Crippen LogP contribution is 2.25. The zero-order valence-corrected chi connectivity index (χ0v) is 22.3. The van der Waals surface area contributed by atoms with Crippen LogP contribution < -0.4 is 11.1 Å². The predicted molar refractivity (Wildman–Crippen MR) is 155 cm³/mol. The molecule has 1 saturated heterocycles. The zero-order chi connectivity index (χ0) is 26.6. The number of nitrogens with one attached hydrogen (secondary N) is 1. The van der Waals surface area contributed by atoms with E-state index >= 15 is 0 Å². The normalized spacial score (nSPS) is 14.2. The second kappa shape index (κ2) is 11.2. The Morgan fingerprint density at radius 2 is 1.79 bits per heavy atom. The number of amides is 1. The van der Waals surface area contributed by atoms with Gasteiger partial charge in [-0.1, -0.05) is 47.7 Å². The molecule has 0 spiro atoms. The Labute approximate surface area is 228 Å². The van der Waals surface area contributed by atoms with Crippen LogP contribution in [-0.4, -0.2) is 53.9 Å². The summed E-state index contributed by atoms with van der Waals surface area (Å²) in [6, 6.07) is 19.1. The monoisotopic (exact) mass is 523 g/mol. The number of pyridine rings is 1. The van der Waals surface area contributed by atoms with Crippen LogP contribution in [0.3, 0.4) is 0 Å². The molecule has 3 aromatic carbocycles. The summed E-state index contributed by atoms with van der Waals surface area (Å²) in [6.45, 7) is 7.22. The summed E-state index contributed by atoms with van der Waals surface area (Å²) in [4.78, 5) is 22.1. The van der Waals surface area contributed by atoms with Gasteiger partial charge in [0.1, 0.15) is 5.82 Å². The Morgan fingerprint density at radius 3 is 2.55 bits per heavy atom. The lowest BCUT2D eigenvalue weighted by Gasteiger charge is -2.32. The van der Waals surface area contributed by atoms with E-state index in [9.17, 15) is 4.79 Å². The first kappa shape index (κ1) is 25.7. The molecule has 0 aliphatic carbocycles. The van der Waals surface area contributed by atoms with Crippen molar-refractivity contribution < 1.29 is 4.79 Å². The van der Waals surface area contributed by atoms with Crippen molar-refractivity contribution in [3.63, 3.8) is 0 Å². The molecule has 0 saturated carbocycles. The van der Waals surface area contributed by atoms with Crippen molar-refractivity contribution in [1.82, 2.24) is 14.8 Å². The molecular formula is C31H30ClN5O. The zero-order valence-electron chi connectivity index (χ0n) is 21.6. The van der Waals surface area contributed by atoms with Gasteiger partial charge in [0.05, 0.1) is 5.56 Å². The number of carbonyl (C=O) groups excluding carboxylic acids is 1. The van der Waals surface area contributed by atoms with Crippen LogP contribution in [0.1, 0.15) is 32.6 Å². The Kier molecular flexibility index (Phi) is 7.62. The molecule has 0 bridgehead atoms. The Balaban J connectivity index is 1.31. The van der Waals surface area contributed by atoms with E-state index in [2.05, 4.69) is 51.1 Å². The highest BCUT2D eigenvalue weighted by Gasteiger charge is 2.14. The standard InChI is InChI=1S/C31H30ClN5O/c1-21-3-6-24(17-23(21)8-12-28-29-18-26(32)9-7-25(29)19-34-30(28)33)31(38)35-27-10-4-22(5-11-27)20-37-15-13-36(2)14-16-37/h3-7,9-11,17-19H,13-16,20H2,1-2H3,(H2,33,34)(H,35,38). The van der Waals surface area contributed by atoms with Crippen molar-refractivity contribution in [3.8, 4) is 11.8 Å². The molecule has 7 heteroatoms. The number of aryl methyl sites for hydroxylation is 1. The minimum Gasteiger partial charge on any atom is -0.383 e. The Hall–Kier alpha value is -3.89. The van der Waals surface area contributed by atoms with Crippen molar-refractivity contribution in [1.29, 1.82) is 0 Å². The van der Waals surface area contributed by atoms with Crippen LogP contribution in [0.25, 0.3) is 10.8 Å². The summed E-state index contributed by atoms with van der Waals surface area (Å²) in [5.41, 5.74) is 11.0. The van der Waals surface area contributed by atoms with Gasteiger partial charge in [-0.05, 0) is 61.5 Å². The van der Waals surface area contributed by atoms with Crippen molar-refractivity contribution in [2.24, 2.45) is 0 Å². The average molecular weight is 524 g/mol. The fourth-order valence-electron chi connectivity index (χ4n) is 4.52. The van der Waals surface area contributed by atoms with E-state index in [4.69, 9.17) is 17.3 Å². The summed E-state index contributed by atoms with van der Waals surface area (Å²) < 4.78 is 0. The van der Waals surface area contributed by atoms with Crippen molar-refractivity contribution in [3.05, 3.63) is 99.7 Å². The van der Waals surface area contributed by atoms with Gasteiger partial charge in [0.2, 0.25) is 0 Å². The molecule has 38 heavy (non-hydrogen) atoms. The fraction of sp³-hybridized carbons (Fsp3) is 0.226. The van der Waals surface area contributed by atoms with E-state index in [1.54, 1.807) is 12.3 Å². The summed E-state index contributed by atoms with van der Waals surface area (Å²) >= 11 is 6.21. The quantitative estimate of drug-likeness (QED) is 0.361. The summed E-state index contributed by atoms with van der Waals surface area (Å²) in [5.74, 6) is 6.51. The van der Waals surface area contributed by atoms with Gasteiger partial charge in [0.15, 0.2) is 0 Å². The first-order valence-electron chi connectivity index (χ1n) is 12.6.